The highest BCUT2D eigenvalue weighted by atomic mass is 16.2. The molecule has 2 N–H and O–H groups in total. The molecule has 0 aromatic carbocycles. The van der Waals surface area contributed by atoms with Crippen LogP contribution in [0.15, 0.2) is 0 Å². The number of carbonyl (C=O) groups excluding carboxylic acids is 1. The van der Waals surface area contributed by atoms with E-state index in [1.807, 2.05) is 11.8 Å². The normalized spacial score (nSPS) is 26.4. The maximum absolute atomic E-state index is 11.3. The van der Waals surface area contributed by atoms with Crippen molar-refractivity contribution in [1.82, 2.24) is 4.90 Å². The molecule has 0 bridgehead atoms. The lowest BCUT2D eigenvalue weighted by Gasteiger charge is -2.18. The number of hydrogen-bond donors (Lipinski definition) is 1. The van der Waals surface area contributed by atoms with Crippen molar-refractivity contribution in [2.24, 2.45) is 11.7 Å². The Morgan fingerprint density at radius 1 is 1.75 bits per heavy atom. The first kappa shape index (κ1) is 9.52. The van der Waals surface area contributed by atoms with Crippen LogP contribution in [-0.2, 0) is 4.79 Å². The van der Waals surface area contributed by atoms with Crippen LogP contribution in [0.2, 0.25) is 0 Å². The Kier molecular flexibility index (Phi) is 3.09. The Morgan fingerprint density at radius 3 is 2.83 bits per heavy atom. The summed E-state index contributed by atoms with van der Waals surface area (Å²) in [6, 6.07) is 0.101. The minimum Gasteiger partial charge on any atom is -0.341 e. The van der Waals surface area contributed by atoms with Gasteiger partial charge in [-0.15, -0.1) is 0 Å². The molecule has 1 unspecified atom stereocenters. The average molecular weight is 170 g/mol. The molecule has 1 aliphatic heterocycles. The van der Waals surface area contributed by atoms with E-state index in [0.29, 0.717) is 5.92 Å². The number of likely N-dealkylation sites (tertiary alicyclic amines) is 1. The molecule has 1 heterocycles. The van der Waals surface area contributed by atoms with Gasteiger partial charge >= 0.3 is 0 Å². The smallest absolute Gasteiger partial charge is 0.222 e. The molecule has 3 nitrogen and oxygen atoms in total. The second-order valence-corrected chi connectivity index (χ2v) is 3.75. The van der Waals surface area contributed by atoms with Crippen molar-refractivity contribution >= 4 is 5.91 Å². The van der Waals surface area contributed by atoms with E-state index in [1.54, 1.807) is 0 Å². The lowest BCUT2D eigenvalue weighted by molar-refractivity contribution is -0.127. The summed E-state index contributed by atoms with van der Waals surface area (Å²) in [6.07, 6.45) is 1.82. The predicted octanol–water partition coefficient (Wildman–Crippen LogP) is 0.592. The molecule has 1 aliphatic rings. The molecule has 0 aliphatic carbocycles. The fourth-order valence-electron chi connectivity index (χ4n) is 1.65. The Hall–Kier alpha value is -0.570. The molecular weight excluding hydrogens is 152 g/mol. The van der Waals surface area contributed by atoms with Crippen molar-refractivity contribution in [3.63, 3.8) is 0 Å². The molecule has 0 saturated carbocycles. The quantitative estimate of drug-likeness (QED) is 0.674. The molecule has 2 atom stereocenters. The predicted molar refractivity (Wildman–Crippen MR) is 48.6 cm³/mol. The SMILES string of the molecule is CCC1CC(=O)N(C[C@@H](C)N)C1. The van der Waals surface area contributed by atoms with Crippen LogP contribution >= 0.6 is 0 Å². The minimum absolute atomic E-state index is 0.101. The molecule has 0 spiro atoms. The third-order valence-corrected chi connectivity index (χ3v) is 2.38. The maximum atomic E-state index is 11.3. The molecule has 0 aromatic heterocycles. The van der Waals surface area contributed by atoms with Gasteiger partial charge in [-0.2, -0.15) is 0 Å². The van der Waals surface area contributed by atoms with Crippen molar-refractivity contribution in [3.8, 4) is 0 Å². The van der Waals surface area contributed by atoms with E-state index < -0.39 is 0 Å². The van der Waals surface area contributed by atoms with Gasteiger partial charge in [0.15, 0.2) is 0 Å². The van der Waals surface area contributed by atoms with E-state index in [2.05, 4.69) is 6.92 Å². The van der Waals surface area contributed by atoms with Crippen molar-refractivity contribution in [1.29, 1.82) is 0 Å². The van der Waals surface area contributed by atoms with E-state index in [1.165, 1.54) is 0 Å². The van der Waals surface area contributed by atoms with Gasteiger partial charge in [-0.1, -0.05) is 13.3 Å². The summed E-state index contributed by atoms with van der Waals surface area (Å²) >= 11 is 0. The molecule has 12 heavy (non-hydrogen) atoms. The van der Waals surface area contributed by atoms with Gasteiger partial charge in [0, 0.05) is 25.6 Å². The minimum atomic E-state index is 0.101. The molecule has 0 radical (unpaired) electrons. The van der Waals surface area contributed by atoms with E-state index in [-0.39, 0.29) is 11.9 Å². The number of hydrogen-bond acceptors (Lipinski definition) is 2. The number of amides is 1. The molecular formula is C9H18N2O. The Bertz CT molecular complexity index is 168. The largest absolute Gasteiger partial charge is 0.341 e. The van der Waals surface area contributed by atoms with Crippen molar-refractivity contribution in [3.05, 3.63) is 0 Å². The fraction of sp³-hybridized carbons (Fsp3) is 0.889. The molecule has 1 rings (SSSR count). The fourth-order valence-corrected chi connectivity index (χ4v) is 1.65. The standard InChI is InChI=1S/C9H18N2O/c1-3-8-4-9(12)11(6-8)5-7(2)10/h7-8H,3-6,10H2,1-2H3/t7-,8?/m1/s1. The van der Waals surface area contributed by atoms with Gasteiger partial charge in [-0.05, 0) is 12.8 Å². The third kappa shape index (κ3) is 2.21. The summed E-state index contributed by atoms with van der Waals surface area (Å²) in [6.45, 7) is 5.70. The van der Waals surface area contributed by atoms with Crippen LogP contribution in [0.4, 0.5) is 0 Å². The van der Waals surface area contributed by atoms with Gasteiger partial charge < -0.3 is 10.6 Å². The Balaban J connectivity index is 2.41. The zero-order valence-corrected chi connectivity index (χ0v) is 7.92. The van der Waals surface area contributed by atoms with Crippen LogP contribution in [0.3, 0.4) is 0 Å². The van der Waals surface area contributed by atoms with Crippen LogP contribution in [0.25, 0.3) is 0 Å². The van der Waals surface area contributed by atoms with Gasteiger partial charge in [-0.25, -0.2) is 0 Å². The van der Waals surface area contributed by atoms with E-state index >= 15 is 0 Å². The van der Waals surface area contributed by atoms with Gasteiger partial charge in [0.1, 0.15) is 0 Å². The molecule has 0 aromatic rings. The molecule has 3 heteroatoms. The zero-order chi connectivity index (χ0) is 9.14. The number of nitrogens with two attached hydrogens (primary N) is 1. The van der Waals surface area contributed by atoms with Crippen LogP contribution in [0.1, 0.15) is 26.7 Å². The second kappa shape index (κ2) is 3.90. The lowest BCUT2D eigenvalue weighted by atomic mass is 10.1. The Labute approximate surface area is 73.9 Å². The number of rotatable bonds is 3. The summed E-state index contributed by atoms with van der Waals surface area (Å²) in [5, 5.41) is 0. The van der Waals surface area contributed by atoms with Crippen molar-refractivity contribution in [2.45, 2.75) is 32.7 Å². The van der Waals surface area contributed by atoms with E-state index in [4.69, 9.17) is 5.73 Å². The highest BCUT2D eigenvalue weighted by molar-refractivity contribution is 5.78. The topological polar surface area (TPSA) is 46.3 Å². The van der Waals surface area contributed by atoms with Crippen molar-refractivity contribution in [2.75, 3.05) is 13.1 Å². The van der Waals surface area contributed by atoms with Gasteiger partial charge in [0.25, 0.3) is 0 Å². The summed E-state index contributed by atoms with van der Waals surface area (Å²) in [5.74, 6) is 0.843. The summed E-state index contributed by atoms with van der Waals surface area (Å²) in [4.78, 5) is 13.2. The van der Waals surface area contributed by atoms with Crippen LogP contribution in [-0.4, -0.2) is 29.9 Å². The van der Waals surface area contributed by atoms with E-state index in [9.17, 15) is 4.79 Å². The first-order valence-electron chi connectivity index (χ1n) is 4.66. The summed E-state index contributed by atoms with van der Waals surface area (Å²) in [7, 11) is 0. The number of carbonyl (C=O) groups is 1. The Morgan fingerprint density at radius 2 is 2.42 bits per heavy atom. The number of nitrogens with zero attached hydrogens (tertiary/aromatic N) is 1. The molecule has 1 saturated heterocycles. The average Bonchev–Trinajstić information content (AvgIpc) is 2.31. The van der Waals surface area contributed by atoms with Crippen molar-refractivity contribution < 1.29 is 4.79 Å². The highest BCUT2D eigenvalue weighted by Crippen LogP contribution is 2.20. The van der Waals surface area contributed by atoms with Gasteiger partial charge in [0.05, 0.1) is 0 Å². The molecule has 1 amide bonds. The molecule has 70 valence electrons. The lowest BCUT2D eigenvalue weighted by Crippen LogP contribution is -2.36. The van der Waals surface area contributed by atoms with E-state index in [0.717, 1.165) is 25.9 Å². The van der Waals surface area contributed by atoms with Gasteiger partial charge in [0.2, 0.25) is 5.91 Å². The third-order valence-electron chi connectivity index (χ3n) is 2.38. The first-order valence-corrected chi connectivity index (χ1v) is 4.66. The van der Waals surface area contributed by atoms with Crippen LogP contribution in [0, 0.1) is 5.92 Å². The van der Waals surface area contributed by atoms with Crippen LogP contribution in [0.5, 0.6) is 0 Å². The van der Waals surface area contributed by atoms with Gasteiger partial charge in [-0.3, -0.25) is 4.79 Å². The molecule has 1 fully saturated rings. The summed E-state index contributed by atoms with van der Waals surface area (Å²) in [5.41, 5.74) is 5.63. The first-order chi connectivity index (χ1) is 5.63. The monoisotopic (exact) mass is 170 g/mol. The maximum Gasteiger partial charge on any atom is 0.222 e. The zero-order valence-electron chi connectivity index (χ0n) is 7.92. The highest BCUT2D eigenvalue weighted by Gasteiger charge is 2.28. The summed E-state index contributed by atoms with van der Waals surface area (Å²) < 4.78 is 0. The second-order valence-electron chi connectivity index (χ2n) is 3.75. The van der Waals surface area contributed by atoms with Crippen LogP contribution < -0.4 is 5.73 Å².